The van der Waals surface area contributed by atoms with Gasteiger partial charge in [-0.25, -0.2) is 4.39 Å². The number of nitrogens with zero attached hydrogens (tertiary/aromatic N) is 1. The number of hydrogen-bond donors (Lipinski definition) is 2. The number of hydrogen-bond acceptors (Lipinski definition) is 2. The third-order valence-electron chi connectivity index (χ3n) is 4.18. The van der Waals surface area contributed by atoms with Crippen LogP contribution >= 0.6 is 11.8 Å². The van der Waals surface area contributed by atoms with Gasteiger partial charge in [0.15, 0.2) is 5.96 Å². The van der Waals surface area contributed by atoms with Crippen molar-refractivity contribution >= 4 is 17.7 Å². The number of aliphatic imine (C=N–C) groups is 1. The van der Waals surface area contributed by atoms with Crippen LogP contribution in [0.4, 0.5) is 4.39 Å². The van der Waals surface area contributed by atoms with Crippen LogP contribution in [0.15, 0.2) is 29.3 Å². The third kappa shape index (κ3) is 4.90. The minimum absolute atomic E-state index is 0.0819. The summed E-state index contributed by atoms with van der Waals surface area (Å²) in [5.74, 6) is 1.89. The molecule has 0 bridgehead atoms. The Balaban J connectivity index is 1.78. The van der Waals surface area contributed by atoms with Gasteiger partial charge >= 0.3 is 0 Å². The van der Waals surface area contributed by atoms with Gasteiger partial charge in [-0.3, -0.25) is 4.99 Å². The van der Waals surface area contributed by atoms with Crippen molar-refractivity contribution in [1.82, 2.24) is 10.6 Å². The standard InChI is InChI=1S/C17H26FN3S/c1-19-16(20-10-3-4-11-22-2)21-13-17(8-9-17)14-6-5-7-15(18)12-14/h5-7,12H,3-4,8-11,13H2,1-2H3,(H2,19,20,21). The highest BCUT2D eigenvalue weighted by atomic mass is 32.2. The zero-order valence-electron chi connectivity index (χ0n) is 13.5. The van der Waals surface area contributed by atoms with E-state index in [0.717, 1.165) is 43.9 Å². The molecule has 0 spiro atoms. The van der Waals surface area contributed by atoms with Crippen LogP contribution in [-0.2, 0) is 5.41 Å². The summed E-state index contributed by atoms with van der Waals surface area (Å²) in [5, 5.41) is 6.74. The molecular weight excluding hydrogens is 297 g/mol. The highest BCUT2D eigenvalue weighted by molar-refractivity contribution is 7.98. The summed E-state index contributed by atoms with van der Waals surface area (Å²) in [4.78, 5) is 4.26. The Labute approximate surface area is 137 Å². The fourth-order valence-corrected chi connectivity index (χ4v) is 3.08. The van der Waals surface area contributed by atoms with E-state index in [1.807, 2.05) is 17.8 Å². The van der Waals surface area contributed by atoms with Crippen molar-refractivity contribution in [1.29, 1.82) is 0 Å². The molecule has 1 aromatic carbocycles. The Morgan fingerprint density at radius 3 is 2.77 bits per heavy atom. The maximum atomic E-state index is 13.4. The molecule has 0 aliphatic heterocycles. The molecule has 22 heavy (non-hydrogen) atoms. The maximum Gasteiger partial charge on any atom is 0.191 e. The van der Waals surface area contributed by atoms with Crippen molar-refractivity contribution in [3.05, 3.63) is 35.6 Å². The Kier molecular flexibility index (Phi) is 6.55. The van der Waals surface area contributed by atoms with E-state index >= 15 is 0 Å². The molecule has 2 rings (SSSR count). The summed E-state index contributed by atoms with van der Waals surface area (Å²) in [7, 11) is 1.79. The lowest BCUT2D eigenvalue weighted by atomic mass is 9.96. The summed E-state index contributed by atoms with van der Waals surface area (Å²) in [6, 6.07) is 6.98. The van der Waals surface area contributed by atoms with Crippen LogP contribution in [-0.4, -0.2) is 38.1 Å². The van der Waals surface area contributed by atoms with Crippen molar-refractivity contribution < 1.29 is 4.39 Å². The van der Waals surface area contributed by atoms with Crippen LogP contribution in [0.25, 0.3) is 0 Å². The maximum absolute atomic E-state index is 13.4. The van der Waals surface area contributed by atoms with E-state index in [-0.39, 0.29) is 11.2 Å². The van der Waals surface area contributed by atoms with Crippen LogP contribution in [0.3, 0.4) is 0 Å². The summed E-state index contributed by atoms with van der Waals surface area (Å²) in [6.07, 6.45) is 6.72. The van der Waals surface area contributed by atoms with E-state index < -0.39 is 0 Å². The van der Waals surface area contributed by atoms with Crippen molar-refractivity contribution in [3.63, 3.8) is 0 Å². The van der Waals surface area contributed by atoms with E-state index in [9.17, 15) is 4.39 Å². The fourth-order valence-electron chi connectivity index (χ4n) is 2.59. The molecule has 0 saturated heterocycles. The molecule has 1 saturated carbocycles. The number of thioether (sulfide) groups is 1. The van der Waals surface area contributed by atoms with Crippen LogP contribution in [0, 0.1) is 5.82 Å². The minimum Gasteiger partial charge on any atom is -0.356 e. The van der Waals surface area contributed by atoms with Gasteiger partial charge in [-0.2, -0.15) is 11.8 Å². The molecule has 0 unspecified atom stereocenters. The largest absolute Gasteiger partial charge is 0.356 e. The number of unbranched alkanes of at least 4 members (excludes halogenated alkanes) is 1. The first-order valence-corrected chi connectivity index (χ1v) is 9.29. The first kappa shape index (κ1) is 17.1. The zero-order chi connectivity index (χ0) is 15.8. The molecule has 2 N–H and O–H groups in total. The SMILES string of the molecule is CN=C(NCCCCSC)NCC1(c2cccc(F)c2)CC1. The summed E-state index contributed by atoms with van der Waals surface area (Å²) < 4.78 is 13.4. The Morgan fingerprint density at radius 2 is 2.14 bits per heavy atom. The van der Waals surface area contributed by atoms with Crippen LogP contribution in [0.1, 0.15) is 31.2 Å². The molecule has 5 heteroatoms. The number of benzene rings is 1. The van der Waals surface area contributed by atoms with E-state index in [2.05, 4.69) is 21.9 Å². The monoisotopic (exact) mass is 323 g/mol. The van der Waals surface area contributed by atoms with Crippen molar-refractivity contribution in [3.8, 4) is 0 Å². The van der Waals surface area contributed by atoms with Gasteiger partial charge in [0.2, 0.25) is 0 Å². The molecular formula is C17H26FN3S. The smallest absolute Gasteiger partial charge is 0.191 e. The van der Waals surface area contributed by atoms with Gasteiger partial charge in [0, 0.05) is 25.6 Å². The molecule has 3 nitrogen and oxygen atoms in total. The number of nitrogens with one attached hydrogen (secondary N) is 2. The quantitative estimate of drug-likeness (QED) is 0.438. The van der Waals surface area contributed by atoms with Gasteiger partial charge in [-0.15, -0.1) is 0 Å². The van der Waals surface area contributed by atoms with Gasteiger partial charge in [0.05, 0.1) is 0 Å². The lowest BCUT2D eigenvalue weighted by Crippen LogP contribution is -2.41. The highest BCUT2D eigenvalue weighted by Crippen LogP contribution is 2.47. The fraction of sp³-hybridized carbons (Fsp3) is 0.588. The van der Waals surface area contributed by atoms with Gasteiger partial charge in [0.25, 0.3) is 0 Å². The predicted octanol–water partition coefficient (Wildman–Crippen LogP) is 3.17. The molecule has 1 aliphatic rings. The average molecular weight is 323 g/mol. The van der Waals surface area contributed by atoms with Gasteiger partial charge in [-0.1, -0.05) is 12.1 Å². The topological polar surface area (TPSA) is 36.4 Å². The predicted molar refractivity (Wildman–Crippen MR) is 94.3 cm³/mol. The van der Waals surface area contributed by atoms with Crippen molar-refractivity contribution in [2.45, 2.75) is 31.1 Å². The lowest BCUT2D eigenvalue weighted by Gasteiger charge is -2.19. The molecule has 1 aromatic rings. The molecule has 1 fully saturated rings. The second-order valence-electron chi connectivity index (χ2n) is 5.84. The first-order valence-electron chi connectivity index (χ1n) is 7.90. The normalized spacial score (nSPS) is 16.4. The second kappa shape index (κ2) is 8.42. The number of halogens is 1. The molecule has 0 amide bonds. The Morgan fingerprint density at radius 1 is 1.32 bits per heavy atom. The van der Waals surface area contributed by atoms with Gasteiger partial charge < -0.3 is 10.6 Å². The third-order valence-corrected chi connectivity index (χ3v) is 4.87. The number of rotatable bonds is 8. The van der Waals surface area contributed by atoms with Crippen LogP contribution < -0.4 is 10.6 Å². The Bertz CT molecular complexity index is 500. The molecule has 0 atom stereocenters. The van der Waals surface area contributed by atoms with E-state index in [1.165, 1.54) is 18.2 Å². The van der Waals surface area contributed by atoms with Crippen molar-refractivity contribution in [2.75, 3.05) is 32.1 Å². The Hall–Kier alpha value is -1.23. The molecule has 0 heterocycles. The van der Waals surface area contributed by atoms with Gasteiger partial charge in [-0.05, 0) is 55.4 Å². The second-order valence-corrected chi connectivity index (χ2v) is 6.83. The summed E-state index contributed by atoms with van der Waals surface area (Å²) in [5.41, 5.74) is 1.17. The molecule has 0 radical (unpaired) electrons. The lowest BCUT2D eigenvalue weighted by molar-refractivity contribution is 0.606. The van der Waals surface area contributed by atoms with Gasteiger partial charge in [0.1, 0.15) is 5.82 Å². The van der Waals surface area contributed by atoms with E-state index in [1.54, 1.807) is 19.2 Å². The highest BCUT2D eigenvalue weighted by Gasteiger charge is 2.44. The molecule has 1 aliphatic carbocycles. The van der Waals surface area contributed by atoms with E-state index in [0.29, 0.717) is 0 Å². The summed E-state index contributed by atoms with van der Waals surface area (Å²) in [6.45, 7) is 1.74. The van der Waals surface area contributed by atoms with E-state index in [4.69, 9.17) is 0 Å². The zero-order valence-corrected chi connectivity index (χ0v) is 14.3. The van der Waals surface area contributed by atoms with Crippen LogP contribution in [0.2, 0.25) is 0 Å². The molecule has 122 valence electrons. The van der Waals surface area contributed by atoms with Crippen LogP contribution in [0.5, 0.6) is 0 Å². The van der Waals surface area contributed by atoms with Crippen molar-refractivity contribution in [2.24, 2.45) is 4.99 Å². The first-order chi connectivity index (χ1) is 10.7. The average Bonchev–Trinajstić information content (AvgIpc) is 3.31. The number of guanidine groups is 1. The molecule has 0 aromatic heterocycles. The summed E-state index contributed by atoms with van der Waals surface area (Å²) >= 11 is 1.88. The minimum atomic E-state index is -0.153.